The minimum Gasteiger partial charge on any atom is -0.382 e. The van der Waals surface area contributed by atoms with E-state index in [2.05, 4.69) is 43.2 Å². The maximum Gasteiger partial charge on any atom is 0.261 e. The SMILES string of the molecule is C[C@@](c1ccc(-c2cnc(N)cn2)nc1)(c1noc(-c2cnn(CC#N)c2)n1)C1CC1. The molecule has 4 aromatic rings. The van der Waals surface area contributed by atoms with Gasteiger partial charge in [-0.3, -0.25) is 9.67 Å². The van der Waals surface area contributed by atoms with E-state index < -0.39 is 5.41 Å². The van der Waals surface area contributed by atoms with Crippen LogP contribution < -0.4 is 5.73 Å². The van der Waals surface area contributed by atoms with E-state index >= 15 is 0 Å². The van der Waals surface area contributed by atoms with Crippen LogP contribution in [-0.2, 0) is 12.0 Å². The zero-order valence-electron chi connectivity index (χ0n) is 16.8. The largest absolute Gasteiger partial charge is 0.382 e. The van der Waals surface area contributed by atoms with Gasteiger partial charge in [0, 0.05) is 12.4 Å². The number of aromatic nitrogens is 7. The molecule has 1 aliphatic rings. The second-order valence-electron chi connectivity index (χ2n) is 7.74. The van der Waals surface area contributed by atoms with Gasteiger partial charge in [-0.2, -0.15) is 15.3 Å². The van der Waals surface area contributed by atoms with Crippen LogP contribution in [-0.4, -0.2) is 34.9 Å². The molecule has 154 valence electrons. The molecule has 4 aromatic heterocycles. The van der Waals surface area contributed by atoms with Crippen molar-refractivity contribution in [3.05, 3.63) is 54.5 Å². The summed E-state index contributed by atoms with van der Waals surface area (Å²) in [5.74, 6) is 1.77. The lowest BCUT2D eigenvalue weighted by Gasteiger charge is -2.26. The minimum absolute atomic E-state index is 0.164. The Morgan fingerprint density at radius 2 is 2.00 bits per heavy atom. The smallest absolute Gasteiger partial charge is 0.261 e. The van der Waals surface area contributed by atoms with E-state index in [-0.39, 0.29) is 6.54 Å². The third kappa shape index (κ3) is 3.40. The van der Waals surface area contributed by atoms with Gasteiger partial charge < -0.3 is 10.3 Å². The Kier molecular flexibility index (Phi) is 4.43. The van der Waals surface area contributed by atoms with Crippen molar-refractivity contribution in [1.29, 1.82) is 5.26 Å². The first-order valence-corrected chi connectivity index (χ1v) is 9.86. The molecule has 0 unspecified atom stereocenters. The molecular weight excluding hydrogens is 394 g/mol. The molecule has 1 saturated carbocycles. The average Bonchev–Trinajstić information content (AvgIpc) is 3.35. The summed E-state index contributed by atoms with van der Waals surface area (Å²) >= 11 is 0. The van der Waals surface area contributed by atoms with E-state index in [1.165, 1.54) is 10.9 Å². The van der Waals surface area contributed by atoms with Crippen LogP contribution in [0.4, 0.5) is 5.82 Å². The summed E-state index contributed by atoms with van der Waals surface area (Å²) in [6.07, 6.45) is 10.5. The summed E-state index contributed by atoms with van der Waals surface area (Å²) < 4.78 is 7.07. The third-order valence-electron chi connectivity index (χ3n) is 5.69. The molecule has 0 saturated heterocycles. The molecule has 0 amide bonds. The number of nitrogen functional groups attached to an aromatic ring is 1. The Bertz CT molecular complexity index is 1250. The van der Waals surface area contributed by atoms with Crippen LogP contribution in [0, 0.1) is 17.2 Å². The fourth-order valence-corrected chi connectivity index (χ4v) is 3.72. The second kappa shape index (κ2) is 7.28. The number of nitrogens with zero attached hydrogens (tertiary/aromatic N) is 8. The average molecular weight is 413 g/mol. The van der Waals surface area contributed by atoms with E-state index in [0.29, 0.717) is 40.4 Å². The van der Waals surface area contributed by atoms with Gasteiger partial charge in [-0.15, -0.1) is 0 Å². The second-order valence-corrected chi connectivity index (χ2v) is 7.74. The van der Waals surface area contributed by atoms with Crippen molar-refractivity contribution in [2.45, 2.75) is 31.7 Å². The molecule has 5 rings (SSSR count). The Balaban J connectivity index is 1.47. The molecule has 1 fully saturated rings. The predicted molar refractivity (Wildman–Crippen MR) is 110 cm³/mol. The van der Waals surface area contributed by atoms with Crippen molar-refractivity contribution in [2.75, 3.05) is 5.73 Å². The number of hydrogen-bond donors (Lipinski definition) is 1. The molecule has 31 heavy (non-hydrogen) atoms. The lowest BCUT2D eigenvalue weighted by atomic mass is 9.77. The van der Waals surface area contributed by atoms with Crippen LogP contribution in [0.2, 0.25) is 0 Å². The fourth-order valence-electron chi connectivity index (χ4n) is 3.72. The van der Waals surface area contributed by atoms with Gasteiger partial charge in [-0.05, 0) is 37.3 Å². The zero-order valence-corrected chi connectivity index (χ0v) is 16.8. The summed E-state index contributed by atoms with van der Waals surface area (Å²) in [5, 5.41) is 17.3. The normalized spacial score (nSPS) is 15.4. The summed E-state index contributed by atoms with van der Waals surface area (Å²) in [4.78, 5) is 17.6. The first-order valence-electron chi connectivity index (χ1n) is 9.86. The van der Waals surface area contributed by atoms with Gasteiger partial charge in [-0.25, -0.2) is 9.97 Å². The van der Waals surface area contributed by atoms with Gasteiger partial charge in [0.1, 0.15) is 18.1 Å². The first kappa shape index (κ1) is 18.9. The number of pyridine rings is 1. The number of hydrogen-bond acceptors (Lipinski definition) is 9. The van der Waals surface area contributed by atoms with Gasteiger partial charge in [-0.1, -0.05) is 11.2 Å². The van der Waals surface area contributed by atoms with Crippen molar-refractivity contribution in [3.8, 4) is 28.9 Å². The highest BCUT2D eigenvalue weighted by Crippen LogP contribution is 2.50. The monoisotopic (exact) mass is 413 g/mol. The molecular formula is C21H19N9O. The van der Waals surface area contributed by atoms with E-state index in [4.69, 9.17) is 15.5 Å². The number of nitrogens with two attached hydrogens (primary N) is 1. The maximum absolute atomic E-state index is 8.83. The Hall–Kier alpha value is -4.13. The van der Waals surface area contributed by atoms with Gasteiger partial charge in [0.15, 0.2) is 5.82 Å². The number of rotatable bonds is 6. The van der Waals surface area contributed by atoms with E-state index in [0.717, 1.165) is 18.4 Å². The van der Waals surface area contributed by atoms with Gasteiger partial charge >= 0.3 is 0 Å². The van der Waals surface area contributed by atoms with Crippen molar-refractivity contribution in [1.82, 2.24) is 34.9 Å². The summed E-state index contributed by atoms with van der Waals surface area (Å²) in [5.41, 5.74) is 8.25. The van der Waals surface area contributed by atoms with Crippen molar-refractivity contribution < 1.29 is 4.52 Å². The molecule has 1 atom stereocenters. The van der Waals surface area contributed by atoms with Crippen molar-refractivity contribution >= 4 is 5.82 Å². The molecule has 10 nitrogen and oxygen atoms in total. The summed E-state index contributed by atoms with van der Waals surface area (Å²) in [6, 6.07) is 6.00. The molecule has 0 bridgehead atoms. The standard InChI is InChI=1S/C21H19N9O/c1-21(14-2-3-14,15-4-5-16(24-9-15)17-10-26-18(23)11-25-17)20-28-19(31-29-20)13-8-27-30(12-13)7-6-22/h4-5,8-12,14H,2-3,7H2,1H3,(H2,23,26)/t21-/m1/s1. The van der Waals surface area contributed by atoms with Crippen molar-refractivity contribution in [2.24, 2.45) is 5.92 Å². The minimum atomic E-state index is -0.428. The van der Waals surface area contributed by atoms with Crippen LogP contribution in [0.1, 0.15) is 31.2 Å². The lowest BCUT2D eigenvalue weighted by molar-refractivity contribution is 0.386. The number of anilines is 1. The Labute approximate surface area is 177 Å². The quantitative estimate of drug-likeness (QED) is 0.504. The van der Waals surface area contributed by atoms with Gasteiger partial charge in [0.25, 0.3) is 5.89 Å². The highest BCUT2D eigenvalue weighted by atomic mass is 16.5. The molecule has 0 aliphatic heterocycles. The zero-order chi connectivity index (χ0) is 21.4. The molecule has 4 heterocycles. The summed E-state index contributed by atoms with van der Waals surface area (Å²) in [6.45, 7) is 2.29. The first-order chi connectivity index (χ1) is 15.1. The molecule has 1 aliphatic carbocycles. The molecule has 0 radical (unpaired) electrons. The van der Waals surface area contributed by atoms with Crippen LogP contribution in [0.15, 0.2) is 47.6 Å². The molecule has 0 spiro atoms. The van der Waals surface area contributed by atoms with E-state index in [1.54, 1.807) is 18.6 Å². The van der Waals surface area contributed by atoms with E-state index in [1.807, 2.05) is 18.3 Å². The fraction of sp³-hybridized carbons (Fsp3) is 0.286. The van der Waals surface area contributed by atoms with E-state index in [9.17, 15) is 0 Å². The maximum atomic E-state index is 8.83. The number of nitriles is 1. The molecule has 2 N–H and O–H groups in total. The van der Waals surface area contributed by atoms with Crippen LogP contribution in [0.5, 0.6) is 0 Å². The molecule has 10 heteroatoms. The van der Waals surface area contributed by atoms with Crippen LogP contribution in [0.25, 0.3) is 22.8 Å². The van der Waals surface area contributed by atoms with Crippen LogP contribution in [0.3, 0.4) is 0 Å². The van der Waals surface area contributed by atoms with Gasteiger partial charge in [0.05, 0.1) is 41.3 Å². The highest BCUT2D eigenvalue weighted by molar-refractivity contribution is 5.55. The third-order valence-corrected chi connectivity index (χ3v) is 5.69. The molecule has 0 aromatic carbocycles. The van der Waals surface area contributed by atoms with Crippen LogP contribution >= 0.6 is 0 Å². The highest BCUT2D eigenvalue weighted by Gasteiger charge is 2.47. The Morgan fingerprint density at radius 3 is 2.68 bits per heavy atom. The lowest BCUT2D eigenvalue weighted by Crippen LogP contribution is -2.28. The van der Waals surface area contributed by atoms with Crippen molar-refractivity contribution in [3.63, 3.8) is 0 Å². The predicted octanol–water partition coefficient (Wildman–Crippen LogP) is 2.61. The summed E-state index contributed by atoms with van der Waals surface area (Å²) in [7, 11) is 0. The Morgan fingerprint density at radius 1 is 1.16 bits per heavy atom. The topological polar surface area (TPSA) is 145 Å². The van der Waals surface area contributed by atoms with Gasteiger partial charge in [0.2, 0.25) is 0 Å².